The molecule has 0 unspecified atom stereocenters. The molecule has 0 radical (unpaired) electrons. The number of aromatic nitrogens is 2. The molecule has 4 aromatic rings. The van der Waals surface area contributed by atoms with Crippen LogP contribution >= 0.6 is 23.2 Å². The van der Waals surface area contributed by atoms with Gasteiger partial charge < -0.3 is 20.1 Å². The molecule has 9 heteroatoms. The van der Waals surface area contributed by atoms with Gasteiger partial charge in [-0.25, -0.2) is 0 Å². The Kier molecular flexibility index (Phi) is 6.44. The standard InChI is InChI=1S/C24H20Cl2N4O3/c1-4-20(31)27-15-7-5-6-8-16(15)28-24-14-10-9-13(11-17(14)29-30-24)21-22(25)18(32-2)12-19(33-3)23(21)26/h4-12H,1H2,2-3H3,(H,27,31)(H2,28,29,30). The van der Waals surface area contributed by atoms with E-state index in [1.807, 2.05) is 36.4 Å². The summed E-state index contributed by atoms with van der Waals surface area (Å²) in [7, 11) is 3.06. The van der Waals surface area contributed by atoms with Gasteiger partial charge in [0.25, 0.3) is 0 Å². The zero-order chi connectivity index (χ0) is 23.5. The summed E-state index contributed by atoms with van der Waals surface area (Å²) >= 11 is 13.1. The van der Waals surface area contributed by atoms with E-state index in [0.29, 0.717) is 44.3 Å². The van der Waals surface area contributed by atoms with E-state index in [2.05, 4.69) is 27.4 Å². The summed E-state index contributed by atoms with van der Waals surface area (Å²) in [5.74, 6) is 1.21. The number of para-hydroxylation sites is 2. The Bertz CT molecular complexity index is 1340. The summed E-state index contributed by atoms with van der Waals surface area (Å²) in [5.41, 5.74) is 3.42. The van der Waals surface area contributed by atoms with Crippen LogP contribution in [0.1, 0.15) is 0 Å². The van der Waals surface area contributed by atoms with Crippen LogP contribution in [0, 0.1) is 0 Å². The van der Waals surface area contributed by atoms with Gasteiger partial charge in [0.1, 0.15) is 11.5 Å². The molecular formula is C24H20Cl2N4O3. The second-order valence-corrected chi connectivity index (χ2v) is 7.74. The predicted octanol–water partition coefficient (Wildman–Crippen LogP) is 6.42. The maximum Gasteiger partial charge on any atom is 0.247 e. The van der Waals surface area contributed by atoms with E-state index < -0.39 is 0 Å². The third-order valence-corrected chi connectivity index (χ3v) is 5.80. The number of rotatable bonds is 7. The molecule has 0 fully saturated rings. The number of anilines is 3. The van der Waals surface area contributed by atoms with E-state index in [-0.39, 0.29) is 5.91 Å². The van der Waals surface area contributed by atoms with Crippen LogP contribution in [-0.4, -0.2) is 30.3 Å². The SMILES string of the molecule is C=CC(=O)Nc1ccccc1Nc1n[nH]c2cc(-c3c(Cl)c(OC)cc(OC)c3Cl)ccc12. The first kappa shape index (κ1) is 22.5. The number of nitrogens with zero attached hydrogens (tertiary/aromatic N) is 1. The lowest BCUT2D eigenvalue weighted by Crippen LogP contribution is -2.09. The van der Waals surface area contributed by atoms with Crippen LogP contribution in [0.4, 0.5) is 17.2 Å². The van der Waals surface area contributed by atoms with Crippen LogP contribution in [0.2, 0.25) is 10.0 Å². The number of benzene rings is 3. The maximum absolute atomic E-state index is 11.7. The minimum Gasteiger partial charge on any atom is -0.495 e. The molecule has 3 aromatic carbocycles. The second kappa shape index (κ2) is 9.44. The van der Waals surface area contributed by atoms with Gasteiger partial charge in [-0.15, -0.1) is 0 Å². The quantitative estimate of drug-likeness (QED) is 0.264. The van der Waals surface area contributed by atoms with Crippen molar-refractivity contribution in [1.29, 1.82) is 0 Å². The van der Waals surface area contributed by atoms with Crippen LogP contribution in [-0.2, 0) is 4.79 Å². The smallest absolute Gasteiger partial charge is 0.247 e. The highest BCUT2D eigenvalue weighted by Gasteiger charge is 2.20. The number of hydrogen-bond donors (Lipinski definition) is 3. The molecule has 0 saturated carbocycles. The number of aromatic amines is 1. The van der Waals surface area contributed by atoms with Gasteiger partial charge in [-0.2, -0.15) is 5.10 Å². The lowest BCUT2D eigenvalue weighted by atomic mass is 10.0. The minimum absolute atomic E-state index is 0.303. The molecule has 1 heterocycles. The number of ether oxygens (including phenoxy) is 2. The first-order valence-corrected chi connectivity index (χ1v) is 10.6. The molecule has 33 heavy (non-hydrogen) atoms. The van der Waals surface area contributed by atoms with Crippen molar-refractivity contribution < 1.29 is 14.3 Å². The van der Waals surface area contributed by atoms with Gasteiger partial charge in [-0.3, -0.25) is 9.89 Å². The van der Waals surface area contributed by atoms with Gasteiger partial charge >= 0.3 is 0 Å². The van der Waals surface area contributed by atoms with Crippen molar-refractivity contribution in [2.45, 2.75) is 0 Å². The summed E-state index contributed by atoms with van der Waals surface area (Å²) in [5, 5.41) is 15.1. The molecule has 0 atom stereocenters. The van der Waals surface area contributed by atoms with E-state index in [1.54, 1.807) is 12.1 Å². The van der Waals surface area contributed by atoms with Gasteiger partial charge in [-0.05, 0) is 35.9 Å². The fourth-order valence-electron chi connectivity index (χ4n) is 3.42. The summed E-state index contributed by atoms with van der Waals surface area (Å²) in [4.78, 5) is 11.7. The molecule has 4 rings (SSSR count). The van der Waals surface area contributed by atoms with Gasteiger partial charge in [0.2, 0.25) is 5.91 Å². The maximum atomic E-state index is 11.7. The van der Waals surface area contributed by atoms with Gasteiger partial charge in [0, 0.05) is 17.0 Å². The second-order valence-electron chi connectivity index (χ2n) is 6.98. The Morgan fingerprint density at radius 1 is 1.03 bits per heavy atom. The number of carbonyl (C=O) groups excluding carboxylic acids is 1. The van der Waals surface area contributed by atoms with E-state index in [9.17, 15) is 4.79 Å². The van der Waals surface area contributed by atoms with E-state index >= 15 is 0 Å². The number of H-pyrrole nitrogens is 1. The highest BCUT2D eigenvalue weighted by Crippen LogP contribution is 2.46. The van der Waals surface area contributed by atoms with Gasteiger partial charge in [-0.1, -0.05) is 48.0 Å². The average Bonchev–Trinajstić information content (AvgIpc) is 3.22. The predicted molar refractivity (Wildman–Crippen MR) is 133 cm³/mol. The monoisotopic (exact) mass is 482 g/mol. The van der Waals surface area contributed by atoms with Crippen molar-refractivity contribution in [3.8, 4) is 22.6 Å². The van der Waals surface area contributed by atoms with E-state index in [1.165, 1.54) is 20.3 Å². The van der Waals surface area contributed by atoms with Crippen molar-refractivity contribution in [3.05, 3.63) is 71.2 Å². The lowest BCUT2D eigenvalue weighted by Gasteiger charge is -2.15. The van der Waals surface area contributed by atoms with Crippen molar-refractivity contribution in [1.82, 2.24) is 10.2 Å². The fraction of sp³-hybridized carbons (Fsp3) is 0.0833. The van der Waals surface area contributed by atoms with E-state index in [4.69, 9.17) is 32.7 Å². The molecule has 0 spiro atoms. The number of halogens is 2. The summed E-state index contributed by atoms with van der Waals surface area (Å²) in [6.45, 7) is 3.49. The molecule has 1 aromatic heterocycles. The molecule has 0 aliphatic heterocycles. The van der Waals surface area contributed by atoms with Crippen molar-refractivity contribution >= 4 is 57.2 Å². The molecular weight excluding hydrogens is 463 g/mol. The zero-order valence-electron chi connectivity index (χ0n) is 17.8. The normalized spacial score (nSPS) is 10.7. The number of methoxy groups -OCH3 is 2. The number of hydrogen-bond acceptors (Lipinski definition) is 5. The molecule has 0 aliphatic carbocycles. The first-order valence-electron chi connectivity index (χ1n) is 9.84. The van der Waals surface area contributed by atoms with E-state index in [0.717, 1.165) is 16.5 Å². The summed E-state index contributed by atoms with van der Waals surface area (Å²) < 4.78 is 10.7. The number of carbonyl (C=O) groups is 1. The lowest BCUT2D eigenvalue weighted by molar-refractivity contribution is -0.111. The van der Waals surface area contributed by atoms with Crippen LogP contribution < -0.4 is 20.1 Å². The molecule has 1 amide bonds. The average molecular weight is 483 g/mol. The van der Waals surface area contributed by atoms with Crippen LogP contribution in [0.15, 0.2) is 61.2 Å². The van der Waals surface area contributed by atoms with Gasteiger partial charge in [0.15, 0.2) is 5.82 Å². The highest BCUT2D eigenvalue weighted by atomic mass is 35.5. The van der Waals surface area contributed by atoms with Crippen molar-refractivity contribution in [2.24, 2.45) is 0 Å². The molecule has 0 bridgehead atoms. The van der Waals surface area contributed by atoms with Crippen LogP contribution in [0.5, 0.6) is 11.5 Å². The largest absolute Gasteiger partial charge is 0.495 e. The molecule has 0 saturated heterocycles. The van der Waals surface area contributed by atoms with Crippen molar-refractivity contribution in [2.75, 3.05) is 24.9 Å². The molecule has 3 N–H and O–H groups in total. The fourth-order valence-corrected chi connectivity index (χ4v) is 4.14. The number of nitrogens with one attached hydrogen (secondary N) is 3. The minimum atomic E-state index is -0.303. The molecule has 168 valence electrons. The van der Waals surface area contributed by atoms with Crippen molar-refractivity contribution in [3.63, 3.8) is 0 Å². The molecule has 0 aliphatic rings. The highest BCUT2D eigenvalue weighted by molar-refractivity contribution is 6.41. The zero-order valence-corrected chi connectivity index (χ0v) is 19.3. The Morgan fingerprint density at radius 3 is 2.33 bits per heavy atom. The van der Waals surface area contributed by atoms with Crippen LogP contribution in [0.25, 0.3) is 22.0 Å². The molecule has 7 nitrogen and oxygen atoms in total. The Morgan fingerprint density at radius 2 is 1.70 bits per heavy atom. The summed E-state index contributed by atoms with van der Waals surface area (Å²) in [6, 6.07) is 14.7. The van der Waals surface area contributed by atoms with Crippen LogP contribution in [0.3, 0.4) is 0 Å². The summed E-state index contributed by atoms with van der Waals surface area (Å²) in [6.07, 6.45) is 1.21. The number of fused-ring (bicyclic) bond motifs is 1. The third kappa shape index (κ3) is 4.33. The topological polar surface area (TPSA) is 88.3 Å². The Labute approximate surface area is 200 Å². The number of amides is 1. The van der Waals surface area contributed by atoms with Gasteiger partial charge in [0.05, 0.1) is 41.2 Å². The Balaban J connectivity index is 1.73. The first-order chi connectivity index (χ1) is 16.0. The third-order valence-electron chi connectivity index (χ3n) is 5.05. The Hall–Kier alpha value is -3.68.